The monoisotopic (exact) mass is 226 g/mol. The van der Waals surface area contributed by atoms with Gasteiger partial charge in [0.25, 0.3) is 0 Å². The van der Waals surface area contributed by atoms with E-state index in [9.17, 15) is 0 Å². The first-order valence-electron chi connectivity index (χ1n) is 5.23. The summed E-state index contributed by atoms with van der Waals surface area (Å²) in [5, 5.41) is 0.488. The van der Waals surface area contributed by atoms with Crippen LogP contribution < -0.4 is 10.6 Å². The zero-order chi connectivity index (χ0) is 10.8. The lowest BCUT2D eigenvalue weighted by atomic mass is 10.1. The Morgan fingerprint density at radius 1 is 1.20 bits per heavy atom. The van der Waals surface area contributed by atoms with Crippen molar-refractivity contribution in [3.8, 4) is 0 Å². The van der Waals surface area contributed by atoms with Crippen LogP contribution in [0.25, 0.3) is 0 Å². The van der Waals surface area contributed by atoms with Crippen LogP contribution in [0.2, 0.25) is 5.02 Å². The van der Waals surface area contributed by atoms with E-state index in [0.717, 1.165) is 18.9 Å². The minimum absolute atomic E-state index is 0.379. The highest BCUT2D eigenvalue weighted by Gasteiger charge is 2.17. The lowest BCUT2D eigenvalue weighted by molar-refractivity contribution is 0.572. The number of aryl methyl sites for hydroxylation is 1. The van der Waals surface area contributed by atoms with Gasteiger partial charge >= 0.3 is 0 Å². The molecule has 0 bridgehead atoms. The standard InChI is InChI=1S/C10H15ClN4/c1-7-13-9(12)8(11)10(14-7)15-5-3-2-4-6-15/h2-6H2,1H3,(H2,12,13,14). The van der Waals surface area contributed by atoms with Crippen molar-refractivity contribution in [2.45, 2.75) is 26.2 Å². The van der Waals surface area contributed by atoms with Crippen molar-refractivity contribution in [1.29, 1.82) is 0 Å². The van der Waals surface area contributed by atoms with Crippen LogP contribution in [0.1, 0.15) is 25.1 Å². The molecule has 0 atom stereocenters. The number of anilines is 2. The molecule has 2 rings (SSSR count). The van der Waals surface area contributed by atoms with Gasteiger partial charge in [-0.2, -0.15) is 0 Å². The van der Waals surface area contributed by atoms with Crippen LogP contribution >= 0.6 is 11.6 Å². The molecule has 0 amide bonds. The van der Waals surface area contributed by atoms with Crippen molar-refractivity contribution >= 4 is 23.2 Å². The first-order chi connectivity index (χ1) is 7.18. The van der Waals surface area contributed by atoms with Gasteiger partial charge in [0.2, 0.25) is 0 Å². The zero-order valence-electron chi connectivity index (χ0n) is 8.83. The van der Waals surface area contributed by atoms with E-state index in [2.05, 4.69) is 14.9 Å². The molecule has 0 unspecified atom stereocenters. The van der Waals surface area contributed by atoms with E-state index in [4.69, 9.17) is 17.3 Å². The minimum Gasteiger partial charge on any atom is -0.382 e. The van der Waals surface area contributed by atoms with Crippen LogP contribution in [0.15, 0.2) is 0 Å². The van der Waals surface area contributed by atoms with E-state index in [0.29, 0.717) is 16.7 Å². The highest BCUT2D eigenvalue weighted by atomic mass is 35.5. The van der Waals surface area contributed by atoms with Gasteiger partial charge in [-0.15, -0.1) is 0 Å². The molecule has 1 aromatic heterocycles. The third-order valence-corrected chi connectivity index (χ3v) is 2.99. The number of rotatable bonds is 1. The normalized spacial score (nSPS) is 16.8. The van der Waals surface area contributed by atoms with Crippen LogP contribution in [-0.4, -0.2) is 23.1 Å². The van der Waals surface area contributed by atoms with Crippen LogP contribution in [0, 0.1) is 6.92 Å². The van der Waals surface area contributed by atoms with Gasteiger partial charge in [-0.05, 0) is 26.2 Å². The van der Waals surface area contributed by atoms with Gasteiger partial charge in [0.15, 0.2) is 5.82 Å². The average Bonchev–Trinajstić information content (AvgIpc) is 2.24. The second-order valence-corrected chi connectivity index (χ2v) is 4.22. The van der Waals surface area contributed by atoms with Crippen molar-refractivity contribution in [2.24, 2.45) is 0 Å². The molecule has 2 N–H and O–H groups in total. The van der Waals surface area contributed by atoms with E-state index in [1.165, 1.54) is 19.3 Å². The van der Waals surface area contributed by atoms with Crippen LogP contribution in [0.4, 0.5) is 11.6 Å². The molecule has 15 heavy (non-hydrogen) atoms. The molecule has 4 nitrogen and oxygen atoms in total. The fraction of sp³-hybridized carbons (Fsp3) is 0.600. The molecule has 1 fully saturated rings. The first-order valence-corrected chi connectivity index (χ1v) is 5.61. The molecule has 5 heteroatoms. The molecule has 0 spiro atoms. The zero-order valence-corrected chi connectivity index (χ0v) is 9.59. The molecular formula is C10H15ClN4. The highest BCUT2D eigenvalue weighted by Crippen LogP contribution is 2.29. The summed E-state index contributed by atoms with van der Waals surface area (Å²) in [5.74, 6) is 1.85. The molecule has 1 aliphatic rings. The summed E-state index contributed by atoms with van der Waals surface area (Å²) in [6.45, 7) is 3.85. The molecule has 1 aliphatic heterocycles. The second-order valence-electron chi connectivity index (χ2n) is 3.84. The average molecular weight is 227 g/mol. The van der Waals surface area contributed by atoms with Crippen molar-refractivity contribution in [2.75, 3.05) is 23.7 Å². The van der Waals surface area contributed by atoms with Gasteiger partial charge in [-0.25, -0.2) is 9.97 Å². The fourth-order valence-electron chi connectivity index (χ4n) is 1.88. The minimum atomic E-state index is 0.379. The van der Waals surface area contributed by atoms with Crippen molar-refractivity contribution in [3.05, 3.63) is 10.8 Å². The largest absolute Gasteiger partial charge is 0.382 e. The Balaban J connectivity index is 2.33. The van der Waals surface area contributed by atoms with Gasteiger partial charge in [0.05, 0.1) is 0 Å². The van der Waals surface area contributed by atoms with Gasteiger partial charge in [0.1, 0.15) is 16.7 Å². The smallest absolute Gasteiger partial charge is 0.153 e. The maximum absolute atomic E-state index is 6.11. The van der Waals surface area contributed by atoms with Gasteiger partial charge in [0, 0.05) is 13.1 Å². The Labute approximate surface area is 94.5 Å². The molecule has 0 radical (unpaired) electrons. The maximum atomic E-state index is 6.11. The number of nitrogens with two attached hydrogens (primary N) is 1. The van der Waals surface area contributed by atoms with Crippen molar-refractivity contribution in [3.63, 3.8) is 0 Å². The summed E-state index contributed by atoms with van der Waals surface area (Å²) in [4.78, 5) is 10.6. The Kier molecular flexibility index (Phi) is 2.95. The summed E-state index contributed by atoms with van der Waals surface area (Å²) in [7, 11) is 0. The molecule has 1 saturated heterocycles. The lowest BCUT2D eigenvalue weighted by Gasteiger charge is -2.28. The Bertz CT molecular complexity index is 361. The molecule has 0 aromatic carbocycles. The third kappa shape index (κ3) is 2.15. The van der Waals surface area contributed by atoms with Crippen molar-refractivity contribution in [1.82, 2.24) is 9.97 Å². The molecular weight excluding hydrogens is 212 g/mol. The van der Waals surface area contributed by atoms with Crippen molar-refractivity contribution < 1.29 is 0 Å². The Hall–Kier alpha value is -1.03. The number of hydrogen-bond donors (Lipinski definition) is 1. The van der Waals surface area contributed by atoms with Gasteiger partial charge in [-0.1, -0.05) is 11.6 Å². The number of nitrogens with zero attached hydrogens (tertiary/aromatic N) is 3. The van der Waals surface area contributed by atoms with E-state index >= 15 is 0 Å². The van der Waals surface area contributed by atoms with Crippen LogP contribution in [-0.2, 0) is 0 Å². The number of aromatic nitrogens is 2. The summed E-state index contributed by atoms with van der Waals surface area (Å²) >= 11 is 6.11. The fourth-order valence-corrected chi connectivity index (χ4v) is 2.08. The van der Waals surface area contributed by atoms with E-state index < -0.39 is 0 Å². The summed E-state index contributed by atoms with van der Waals surface area (Å²) in [6, 6.07) is 0. The van der Waals surface area contributed by atoms with E-state index in [-0.39, 0.29) is 0 Å². The molecule has 1 aromatic rings. The maximum Gasteiger partial charge on any atom is 0.153 e. The molecule has 0 saturated carbocycles. The molecule has 0 aliphatic carbocycles. The second kappa shape index (κ2) is 4.23. The van der Waals surface area contributed by atoms with E-state index in [1.807, 2.05) is 6.92 Å². The van der Waals surface area contributed by atoms with Crippen LogP contribution in [0.5, 0.6) is 0 Å². The predicted molar refractivity (Wildman–Crippen MR) is 62.3 cm³/mol. The number of hydrogen-bond acceptors (Lipinski definition) is 4. The van der Waals surface area contributed by atoms with Gasteiger partial charge in [-0.3, -0.25) is 0 Å². The SMILES string of the molecule is Cc1nc(N)c(Cl)c(N2CCCCC2)n1. The van der Waals surface area contributed by atoms with Gasteiger partial charge < -0.3 is 10.6 Å². The first kappa shape index (κ1) is 10.5. The lowest BCUT2D eigenvalue weighted by Crippen LogP contribution is -2.30. The predicted octanol–water partition coefficient (Wildman–Crippen LogP) is 2.01. The number of nitrogen functional groups attached to an aromatic ring is 1. The van der Waals surface area contributed by atoms with Crippen LogP contribution in [0.3, 0.4) is 0 Å². The Morgan fingerprint density at radius 3 is 2.53 bits per heavy atom. The summed E-state index contributed by atoms with van der Waals surface area (Å²) in [6.07, 6.45) is 3.67. The van der Waals surface area contributed by atoms with E-state index in [1.54, 1.807) is 0 Å². The Morgan fingerprint density at radius 2 is 1.87 bits per heavy atom. The number of halogens is 1. The summed E-state index contributed by atoms with van der Waals surface area (Å²) in [5.41, 5.74) is 5.72. The number of piperidine rings is 1. The molecule has 2 heterocycles. The summed E-state index contributed by atoms with van der Waals surface area (Å²) < 4.78 is 0. The topological polar surface area (TPSA) is 55.0 Å². The molecule has 82 valence electrons. The quantitative estimate of drug-likeness (QED) is 0.796. The third-order valence-electron chi connectivity index (χ3n) is 2.63. The highest BCUT2D eigenvalue weighted by molar-refractivity contribution is 6.35.